The fraction of sp³-hybridized carbons (Fsp3) is 0.150. The van der Waals surface area contributed by atoms with Gasteiger partial charge in [-0.2, -0.15) is 0 Å². The first-order valence-corrected chi connectivity index (χ1v) is 9.66. The van der Waals surface area contributed by atoms with Gasteiger partial charge in [-0.3, -0.25) is 9.69 Å². The minimum absolute atomic E-state index is 0.112. The van der Waals surface area contributed by atoms with E-state index in [1.54, 1.807) is 47.4 Å². The number of amidine groups is 1. The average molecular weight is 417 g/mol. The smallest absolute Gasteiger partial charge is 0.341 e. The summed E-state index contributed by atoms with van der Waals surface area (Å²) in [5.41, 5.74) is 1.49. The van der Waals surface area contributed by atoms with E-state index in [0.717, 1.165) is 5.56 Å². The molecule has 0 spiro atoms. The normalized spacial score (nSPS) is 16.8. The molecule has 1 amide bonds. The molecule has 0 atom stereocenters. The van der Waals surface area contributed by atoms with E-state index in [9.17, 15) is 9.59 Å². The highest BCUT2D eigenvalue weighted by molar-refractivity contribution is 8.18. The minimum atomic E-state index is -1.04. The quantitative estimate of drug-likeness (QED) is 0.705. The molecule has 6 nitrogen and oxygen atoms in total. The van der Waals surface area contributed by atoms with Crippen LogP contribution in [0.5, 0.6) is 5.75 Å². The van der Waals surface area contributed by atoms with Crippen molar-refractivity contribution in [2.75, 3.05) is 13.2 Å². The van der Waals surface area contributed by atoms with Crippen molar-refractivity contribution in [2.24, 2.45) is 4.99 Å². The number of likely N-dealkylation sites (N-methyl/N-ethyl adjacent to an activating group) is 1. The van der Waals surface area contributed by atoms with Crippen molar-refractivity contribution >= 4 is 52.2 Å². The maximum absolute atomic E-state index is 12.7. The second-order valence-corrected chi connectivity index (χ2v) is 7.23. The Kier molecular flexibility index (Phi) is 6.38. The van der Waals surface area contributed by atoms with Crippen LogP contribution in [-0.2, 0) is 9.59 Å². The van der Waals surface area contributed by atoms with Crippen molar-refractivity contribution in [1.29, 1.82) is 0 Å². The van der Waals surface area contributed by atoms with Crippen LogP contribution in [0.2, 0.25) is 5.02 Å². The van der Waals surface area contributed by atoms with Crippen LogP contribution in [0.25, 0.3) is 6.08 Å². The predicted octanol–water partition coefficient (Wildman–Crippen LogP) is 4.43. The molecule has 8 heteroatoms. The fourth-order valence-electron chi connectivity index (χ4n) is 2.48. The van der Waals surface area contributed by atoms with Crippen LogP contribution < -0.4 is 4.74 Å². The van der Waals surface area contributed by atoms with Gasteiger partial charge in [0.05, 0.1) is 10.6 Å². The Balaban J connectivity index is 1.80. The molecule has 3 rings (SSSR count). The number of carboxylic acid groups (broad SMARTS) is 1. The summed E-state index contributed by atoms with van der Waals surface area (Å²) in [5, 5.41) is 9.83. The first kappa shape index (κ1) is 20.0. The number of ether oxygens (including phenoxy) is 1. The monoisotopic (exact) mass is 416 g/mol. The second-order valence-electron chi connectivity index (χ2n) is 5.79. The molecule has 0 radical (unpaired) electrons. The van der Waals surface area contributed by atoms with Crippen LogP contribution in [0, 0.1) is 0 Å². The van der Waals surface area contributed by atoms with E-state index in [4.69, 9.17) is 21.4 Å². The van der Waals surface area contributed by atoms with E-state index < -0.39 is 12.6 Å². The summed E-state index contributed by atoms with van der Waals surface area (Å²) in [6.45, 7) is 2.00. The molecule has 1 fully saturated rings. The van der Waals surface area contributed by atoms with Crippen LogP contribution in [0.4, 0.5) is 5.69 Å². The Morgan fingerprint density at radius 2 is 2.04 bits per heavy atom. The lowest BCUT2D eigenvalue weighted by Gasteiger charge is -2.12. The maximum atomic E-state index is 12.7. The fourth-order valence-corrected chi connectivity index (χ4v) is 3.73. The van der Waals surface area contributed by atoms with Gasteiger partial charge in [0.1, 0.15) is 5.75 Å². The van der Waals surface area contributed by atoms with Gasteiger partial charge in [-0.25, -0.2) is 9.79 Å². The molecule has 2 aromatic rings. The molecule has 0 unspecified atom stereocenters. The molecule has 1 aliphatic heterocycles. The molecule has 2 aromatic carbocycles. The Hall–Kier alpha value is -2.77. The third-order valence-corrected chi connectivity index (χ3v) is 5.02. The third kappa shape index (κ3) is 4.94. The Labute approximate surface area is 171 Å². The van der Waals surface area contributed by atoms with Gasteiger partial charge in [0, 0.05) is 11.6 Å². The number of aliphatic carboxylic acids is 1. The van der Waals surface area contributed by atoms with Crippen molar-refractivity contribution < 1.29 is 19.4 Å². The molecule has 1 aliphatic rings. The summed E-state index contributed by atoms with van der Waals surface area (Å²) in [4.78, 5) is 30.0. The maximum Gasteiger partial charge on any atom is 0.341 e. The number of benzene rings is 2. The average Bonchev–Trinajstić information content (AvgIpc) is 2.95. The third-order valence-electron chi connectivity index (χ3n) is 3.78. The van der Waals surface area contributed by atoms with Crippen molar-refractivity contribution in [3.8, 4) is 5.75 Å². The summed E-state index contributed by atoms with van der Waals surface area (Å²) in [5.74, 6) is -0.696. The van der Waals surface area contributed by atoms with Gasteiger partial charge in [-0.15, -0.1) is 0 Å². The van der Waals surface area contributed by atoms with Gasteiger partial charge in [0.15, 0.2) is 11.8 Å². The number of nitrogens with zero attached hydrogens (tertiary/aromatic N) is 2. The highest BCUT2D eigenvalue weighted by atomic mass is 35.5. The van der Waals surface area contributed by atoms with E-state index in [1.165, 1.54) is 11.8 Å². The molecule has 28 heavy (non-hydrogen) atoms. The molecule has 1 N–H and O–H groups in total. The number of rotatable bonds is 6. The standard InChI is InChI=1S/C20H17ClN2O4S/c1-2-23-19(26)17(28-20(23)22-15-5-3-4-14(21)11-15)10-13-6-8-16(9-7-13)27-12-18(24)25/h3-11H,2,12H2,1H3,(H,24,25)/b17-10+,22-20?. The predicted molar refractivity (Wildman–Crippen MR) is 111 cm³/mol. The first-order valence-electron chi connectivity index (χ1n) is 8.46. The summed E-state index contributed by atoms with van der Waals surface area (Å²) in [6.07, 6.45) is 1.77. The number of carbonyl (C=O) groups is 2. The number of aliphatic imine (C=N–C) groups is 1. The lowest BCUT2D eigenvalue weighted by molar-refractivity contribution is -0.139. The molecule has 1 saturated heterocycles. The molecule has 0 saturated carbocycles. The van der Waals surface area contributed by atoms with Crippen molar-refractivity contribution in [1.82, 2.24) is 4.90 Å². The Morgan fingerprint density at radius 3 is 2.68 bits per heavy atom. The first-order chi connectivity index (χ1) is 13.5. The second kappa shape index (κ2) is 8.95. The topological polar surface area (TPSA) is 79.2 Å². The number of carbonyl (C=O) groups excluding carboxylic acids is 1. The molecular weight excluding hydrogens is 400 g/mol. The van der Waals surface area contributed by atoms with E-state index >= 15 is 0 Å². The summed E-state index contributed by atoms with van der Waals surface area (Å²) < 4.78 is 5.11. The number of carboxylic acids is 1. The number of thioether (sulfide) groups is 1. The van der Waals surface area contributed by atoms with Gasteiger partial charge in [-0.05, 0) is 60.7 Å². The van der Waals surface area contributed by atoms with E-state index in [1.807, 2.05) is 19.1 Å². The van der Waals surface area contributed by atoms with Gasteiger partial charge >= 0.3 is 5.97 Å². The van der Waals surface area contributed by atoms with Crippen LogP contribution >= 0.6 is 23.4 Å². The van der Waals surface area contributed by atoms with Crippen LogP contribution in [-0.4, -0.2) is 40.2 Å². The van der Waals surface area contributed by atoms with Gasteiger partial charge < -0.3 is 9.84 Å². The molecule has 0 bridgehead atoms. The van der Waals surface area contributed by atoms with E-state index in [0.29, 0.717) is 33.1 Å². The van der Waals surface area contributed by atoms with Crippen molar-refractivity contribution in [3.05, 3.63) is 64.0 Å². The number of hydrogen-bond acceptors (Lipinski definition) is 5. The summed E-state index contributed by atoms with van der Waals surface area (Å²) in [6, 6.07) is 14.0. The molecular formula is C20H17ClN2O4S. The zero-order chi connectivity index (χ0) is 20.1. The number of hydrogen-bond donors (Lipinski definition) is 1. The zero-order valence-corrected chi connectivity index (χ0v) is 16.5. The summed E-state index contributed by atoms with van der Waals surface area (Å²) >= 11 is 7.31. The van der Waals surface area contributed by atoms with Gasteiger partial charge in [-0.1, -0.05) is 29.8 Å². The highest BCUT2D eigenvalue weighted by Gasteiger charge is 2.32. The molecule has 0 aromatic heterocycles. The lowest BCUT2D eigenvalue weighted by atomic mass is 10.2. The number of amides is 1. The van der Waals surface area contributed by atoms with E-state index in [-0.39, 0.29) is 5.91 Å². The molecule has 0 aliphatic carbocycles. The SMILES string of the molecule is CCN1C(=O)/C(=C\c2ccc(OCC(=O)O)cc2)SC1=Nc1cccc(Cl)c1. The lowest BCUT2D eigenvalue weighted by Crippen LogP contribution is -2.28. The minimum Gasteiger partial charge on any atom is -0.482 e. The molecule has 144 valence electrons. The largest absolute Gasteiger partial charge is 0.482 e. The van der Waals surface area contributed by atoms with E-state index in [2.05, 4.69) is 4.99 Å². The van der Waals surface area contributed by atoms with Crippen molar-refractivity contribution in [2.45, 2.75) is 6.92 Å². The van der Waals surface area contributed by atoms with Gasteiger partial charge in [0.2, 0.25) is 0 Å². The number of halogens is 1. The Bertz CT molecular complexity index is 957. The van der Waals surface area contributed by atoms with Crippen LogP contribution in [0.15, 0.2) is 58.4 Å². The highest BCUT2D eigenvalue weighted by Crippen LogP contribution is 2.34. The van der Waals surface area contributed by atoms with Crippen molar-refractivity contribution in [3.63, 3.8) is 0 Å². The van der Waals surface area contributed by atoms with Crippen LogP contribution in [0.3, 0.4) is 0 Å². The molecule has 1 heterocycles. The van der Waals surface area contributed by atoms with Gasteiger partial charge in [0.25, 0.3) is 5.91 Å². The zero-order valence-electron chi connectivity index (χ0n) is 15.0. The summed E-state index contributed by atoms with van der Waals surface area (Å²) in [7, 11) is 0. The Morgan fingerprint density at radius 1 is 1.29 bits per heavy atom. The van der Waals surface area contributed by atoms with Crippen LogP contribution in [0.1, 0.15) is 12.5 Å².